The van der Waals surface area contributed by atoms with Gasteiger partial charge in [0.2, 0.25) is 0 Å². The van der Waals surface area contributed by atoms with Crippen molar-refractivity contribution in [1.82, 2.24) is 9.36 Å². The highest BCUT2D eigenvalue weighted by atomic mass is 79.9. The fraction of sp³-hybridized carbons (Fsp3) is 0.333. The minimum Gasteiger partial charge on any atom is -0.430 e. The van der Waals surface area contributed by atoms with Crippen molar-refractivity contribution >= 4 is 27.5 Å². The smallest absolute Gasteiger partial charge is 0.298 e. The summed E-state index contributed by atoms with van der Waals surface area (Å²) in [6.07, 6.45) is 1.91. The largest absolute Gasteiger partial charge is 0.430 e. The van der Waals surface area contributed by atoms with Crippen LogP contribution in [-0.2, 0) is 13.0 Å². The van der Waals surface area contributed by atoms with Crippen LogP contribution in [0.15, 0.2) is 22.7 Å². The summed E-state index contributed by atoms with van der Waals surface area (Å²) in [5, 5.41) is 0.565. The van der Waals surface area contributed by atoms with Crippen LogP contribution >= 0.6 is 27.5 Å². The maximum absolute atomic E-state index is 5.73. The van der Waals surface area contributed by atoms with Gasteiger partial charge in [-0.25, -0.2) is 0 Å². The number of aryl methyl sites for hydroxylation is 1. The number of benzene rings is 1. The van der Waals surface area contributed by atoms with Crippen molar-refractivity contribution in [2.45, 2.75) is 26.3 Å². The molecule has 0 spiro atoms. The van der Waals surface area contributed by atoms with Crippen molar-refractivity contribution in [2.24, 2.45) is 5.73 Å². The molecule has 0 atom stereocenters. The Morgan fingerprint density at radius 2 is 2.28 bits per heavy atom. The maximum Gasteiger partial charge on any atom is 0.298 e. The molecule has 6 heteroatoms. The first-order chi connectivity index (χ1) is 8.72. The molecule has 1 heterocycles. The predicted molar refractivity (Wildman–Crippen MR) is 76.0 cm³/mol. The van der Waals surface area contributed by atoms with Gasteiger partial charge in [0.1, 0.15) is 11.6 Å². The zero-order chi connectivity index (χ0) is 13.0. The molecule has 0 saturated carbocycles. The van der Waals surface area contributed by atoms with Crippen LogP contribution in [0, 0.1) is 0 Å². The van der Waals surface area contributed by atoms with Gasteiger partial charge in [0.25, 0.3) is 5.19 Å². The third-order valence-corrected chi connectivity index (χ3v) is 3.49. The first kappa shape index (κ1) is 13.5. The Morgan fingerprint density at radius 3 is 3.00 bits per heavy atom. The van der Waals surface area contributed by atoms with Crippen molar-refractivity contribution in [3.8, 4) is 10.9 Å². The Morgan fingerprint density at radius 1 is 1.44 bits per heavy atom. The normalized spacial score (nSPS) is 10.6. The molecule has 2 N–H and O–H groups in total. The van der Waals surface area contributed by atoms with Gasteiger partial charge in [-0.1, -0.05) is 22.9 Å². The van der Waals surface area contributed by atoms with Crippen molar-refractivity contribution < 1.29 is 4.74 Å². The van der Waals surface area contributed by atoms with Crippen LogP contribution in [0.2, 0.25) is 0 Å². The number of aromatic nitrogens is 2. The van der Waals surface area contributed by atoms with Gasteiger partial charge in [-0.15, -0.1) is 0 Å². The monoisotopic (exact) mass is 327 g/mol. The van der Waals surface area contributed by atoms with Gasteiger partial charge in [0.15, 0.2) is 0 Å². The lowest BCUT2D eigenvalue weighted by Gasteiger charge is -2.07. The quantitative estimate of drug-likeness (QED) is 0.912. The van der Waals surface area contributed by atoms with Gasteiger partial charge in [-0.05, 0) is 24.6 Å². The van der Waals surface area contributed by atoms with E-state index in [9.17, 15) is 0 Å². The lowest BCUT2D eigenvalue weighted by molar-refractivity contribution is 0.471. The zero-order valence-electron chi connectivity index (χ0n) is 10.0. The summed E-state index contributed by atoms with van der Waals surface area (Å²) in [6, 6.07) is 5.75. The number of ether oxygens (including phenoxy) is 1. The summed E-state index contributed by atoms with van der Waals surface area (Å²) in [5.41, 5.74) is 6.63. The molecule has 96 valence electrons. The molecule has 0 radical (unpaired) electrons. The summed E-state index contributed by atoms with van der Waals surface area (Å²) in [5.74, 6) is 1.57. The van der Waals surface area contributed by atoms with E-state index in [0.29, 0.717) is 11.7 Å². The van der Waals surface area contributed by atoms with Gasteiger partial charge in [-0.2, -0.15) is 9.36 Å². The van der Waals surface area contributed by atoms with Crippen LogP contribution in [0.25, 0.3) is 0 Å². The van der Waals surface area contributed by atoms with Crippen LogP contribution in [0.3, 0.4) is 0 Å². The molecular formula is C12H14BrN3OS. The standard InChI is InChI=1S/C12H14BrN3OS/c1-2-3-11-15-12(18-16-11)17-10-5-4-9(13)6-8(10)7-14/h4-6H,2-3,7,14H2,1H3. The molecular weight excluding hydrogens is 314 g/mol. The Kier molecular flexibility index (Phi) is 4.68. The van der Waals surface area contributed by atoms with Gasteiger partial charge in [-0.3, -0.25) is 0 Å². The van der Waals surface area contributed by atoms with Crippen LogP contribution in [-0.4, -0.2) is 9.36 Å². The van der Waals surface area contributed by atoms with Crippen molar-refractivity contribution in [2.75, 3.05) is 0 Å². The number of halogens is 1. The molecule has 0 aliphatic rings. The topological polar surface area (TPSA) is 61.0 Å². The molecule has 0 amide bonds. The molecule has 2 aromatic rings. The van der Waals surface area contributed by atoms with Crippen LogP contribution in [0.1, 0.15) is 24.7 Å². The van der Waals surface area contributed by atoms with Crippen LogP contribution in [0.4, 0.5) is 0 Å². The Hall–Kier alpha value is -0.980. The second-order valence-electron chi connectivity index (χ2n) is 3.78. The van der Waals surface area contributed by atoms with Gasteiger partial charge >= 0.3 is 0 Å². The fourth-order valence-corrected chi connectivity index (χ4v) is 2.50. The summed E-state index contributed by atoms with van der Waals surface area (Å²) < 4.78 is 11.0. The van der Waals surface area contributed by atoms with E-state index in [-0.39, 0.29) is 0 Å². The molecule has 0 bridgehead atoms. The van der Waals surface area contributed by atoms with Crippen LogP contribution in [0.5, 0.6) is 10.9 Å². The van der Waals surface area contributed by atoms with Crippen LogP contribution < -0.4 is 10.5 Å². The summed E-state index contributed by atoms with van der Waals surface area (Å²) >= 11 is 4.68. The fourth-order valence-electron chi connectivity index (χ4n) is 1.51. The molecule has 4 nitrogen and oxygen atoms in total. The van der Waals surface area contributed by atoms with E-state index in [1.54, 1.807) is 0 Å². The zero-order valence-corrected chi connectivity index (χ0v) is 12.4. The summed E-state index contributed by atoms with van der Waals surface area (Å²) in [4.78, 5) is 4.33. The molecule has 0 aliphatic carbocycles. The number of rotatable bonds is 5. The highest BCUT2D eigenvalue weighted by molar-refractivity contribution is 9.10. The molecule has 1 aromatic heterocycles. The number of nitrogens with zero attached hydrogens (tertiary/aromatic N) is 2. The van der Waals surface area contributed by atoms with E-state index in [0.717, 1.165) is 34.5 Å². The second kappa shape index (κ2) is 6.26. The van der Waals surface area contributed by atoms with E-state index >= 15 is 0 Å². The highest BCUT2D eigenvalue weighted by Gasteiger charge is 2.09. The molecule has 0 aliphatic heterocycles. The molecule has 0 fully saturated rings. The van der Waals surface area contributed by atoms with Crippen molar-refractivity contribution in [1.29, 1.82) is 0 Å². The maximum atomic E-state index is 5.73. The Bertz CT molecular complexity index is 530. The van der Waals surface area contributed by atoms with E-state index in [1.165, 1.54) is 11.5 Å². The minimum absolute atomic E-state index is 0.426. The van der Waals surface area contributed by atoms with E-state index in [1.807, 2.05) is 18.2 Å². The lowest BCUT2D eigenvalue weighted by Crippen LogP contribution is -1.99. The molecule has 18 heavy (non-hydrogen) atoms. The lowest BCUT2D eigenvalue weighted by atomic mass is 10.2. The third-order valence-electron chi connectivity index (χ3n) is 2.36. The van der Waals surface area contributed by atoms with Gasteiger partial charge < -0.3 is 10.5 Å². The molecule has 2 rings (SSSR count). The average molecular weight is 328 g/mol. The Balaban J connectivity index is 2.17. The first-order valence-corrected chi connectivity index (χ1v) is 7.28. The number of hydrogen-bond donors (Lipinski definition) is 1. The molecule has 1 aromatic carbocycles. The third kappa shape index (κ3) is 3.28. The van der Waals surface area contributed by atoms with E-state index in [2.05, 4.69) is 32.2 Å². The predicted octanol–water partition coefficient (Wildman–Crippen LogP) is 3.50. The molecule has 0 unspecified atom stereocenters. The van der Waals surface area contributed by atoms with E-state index in [4.69, 9.17) is 10.5 Å². The van der Waals surface area contributed by atoms with Crippen molar-refractivity contribution in [3.63, 3.8) is 0 Å². The summed E-state index contributed by atoms with van der Waals surface area (Å²) in [7, 11) is 0. The van der Waals surface area contributed by atoms with Gasteiger partial charge in [0, 0.05) is 34.5 Å². The minimum atomic E-state index is 0.426. The summed E-state index contributed by atoms with van der Waals surface area (Å²) in [6.45, 7) is 2.53. The van der Waals surface area contributed by atoms with E-state index < -0.39 is 0 Å². The second-order valence-corrected chi connectivity index (χ2v) is 5.41. The SMILES string of the molecule is CCCc1nsc(Oc2ccc(Br)cc2CN)n1. The Labute approximate surface area is 118 Å². The van der Waals surface area contributed by atoms with Crippen molar-refractivity contribution in [3.05, 3.63) is 34.1 Å². The molecule has 0 saturated heterocycles. The average Bonchev–Trinajstić information content (AvgIpc) is 2.79. The van der Waals surface area contributed by atoms with Gasteiger partial charge in [0.05, 0.1) is 0 Å². The number of nitrogens with two attached hydrogens (primary N) is 1. The highest BCUT2D eigenvalue weighted by Crippen LogP contribution is 2.28. The first-order valence-electron chi connectivity index (χ1n) is 5.72. The number of hydrogen-bond acceptors (Lipinski definition) is 5.